The van der Waals surface area contributed by atoms with E-state index in [-0.39, 0.29) is 5.91 Å². The molecule has 4 rings (SSSR count). The van der Waals surface area contributed by atoms with Crippen molar-refractivity contribution in [2.75, 3.05) is 6.54 Å². The molecular weight excluding hydrogens is 310 g/mol. The van der Waals surface area contributed by atoms with E-state index in [0.29, 0.717) is 18.7 Å². The summed E-state index contributed by atoms with van der Waals surface area (Å²) in [6.45, 7) is 1.28. The molecule has 0 radical (unpaired) electrons. The van der Waals surface area contributed by atoms with Gasteiger partial charge in [-0.3, -0.25) is 9.48 Å². The predicted octanol–water partition coefficient (Wildman–Crippen LogP) is 2.20. The molecule has 2 aromatic heterocycles. The average Bonchev–Trinajstić information content (AvgIpc) is 3.21. The van der Waals surface area contributed by atoms with Crippen LogP contribution in [0.3, 0.4) is 0 Å². The molecular formula is C16H17N5OS. The number of aromatic nitrogens is 4. The lowest BCUT2D eigenvalue weighted by molar-refractivity contribution is 0.0952. The molecule has 1 amide bonds. The average molecular weight is 327 g/mol. The van der Waals surface area contributed by atoms with Crippen LogP contribution in [-0.4, -0.2) is 31.0 Å². The van der Waals surface area contributed by atoms with Crippen LogP contribution in [0.2, 0.25) is 0 Å². The topological polar surface area (TPSA) is 72.7 Å². The van der Waals surface area contributed by atoms with Gasteiger partial charge >= 0.3 is 0 Å². The molecule has 0 aliphatic heterocycles. The normalized spacial score (nSPS) is 13.9. The third-order valence-corrected chi connectivity index (χ3v) is 4.83. The van der Waals surface area contributed by atoms with Gasteiger partial charge in [-0.15, -0.1) is 0 Å². The number of amides is 1. The lowest BCUT2D eigenvalue weighted by atomic mass is 9.98. The molecule has 6 nitrogen and oxygen atoms in total. The molecule has 0 saturated heterocycles. The van der Waals surface area contributed by atoms with Gasteiger partial charge in [0.15, 0.2) is 0 Å². The van der Waals surface area contributed by atoms with Crippen molar-refractivity contribution < 1.29 is 4.79 Å². The summed E-state index contributed by atoms with van der Waals surface area (Å²) in [6.07, 6.45) is 6.68. The van der Waals surface area contributed by atoms with E-state index in [0.717, 1.165) is 35.6 Å². The van der Waals surface area contributed by atoms with E-state index >= 15 is 0 Å². The van der Waals surface area contributed by atoms with Gasteiger partial charge in [-0.25, -0.2) is 0 Å². The van der Waals surface area contributed by atoms with Crippen LogP contribution in [0.4, 0.5) is 0 Å². The summed E-state index contributed by atoms with van der Waals surface area (Å²) in [6, 6.07) is 5.40. The minimum atomic E-state index is -0.0825. The van der Waals surface area contributed by atoms with E-state index in [1.165, 1.54) is 24.1 Å². The fourth-order valence-corrected chi connectivity index (χ4v) is 3.57. The first-order valence-corrected chi connectivity index (χ1v) is 8.58. The highest BCUT2D eigenvalue weighted by Crippen LogP contribution is 2.20. The number of carbonyl (C=O) groups is 1. The number of rotatable bonds is 4. The Labute approximate surface area is 137 Å². The Balaban J connectivity index is 1.39. The SMILES string of the molecule is O=C(NCCn1ncc2c1CCCC2)c1ccc2nsnc2c1. The minimum absolute atomic E-state index is 0.0825. The van der Waals surface area contributed by atoms with E-state index in [1.807, 2.05) is 16.9 Å². The minimum Gasteiger partial charge on any atom is -0.350 e. The summed E-state index contributed by atoms with van der Waals surface area (Å²) >= 11 is 1.16. The van der Waals surface area contributed by atoms with Crippen molar-refractivity contribution in [1.82, 2.24) is 23.8 Å². The Hall–Kier alpha value is -2.28. The van der Waals surface area contributed by atoms with E-state index in [9.17, 15) is 4.79 Å². The van der Waals surface area contributed by atoms with Crippen LogP contribution in [0.25, 0.3) is 11.0 Å². The van der Waals surface area contributed by atoms with Gasteiger partial charge in [-0.2, -0.15) is 13.8 Å². The fraction of sp³-hybridized carbons (Fsp3) is 0.375. The van der Waals surface area contributed by atoms with Crippen LogP contribution < -0.4 is 5.32 Å². The first-order valence-electron chi connectivity index (χ1n) is 7.85. The second-order valence-electron chi connectivity index (χ2n) is 5.77. The van der Waals surface area contributed by atoms with Crippen LogP contribution in [0.5, 0.6) is 0 Å². The third kappa shape index (κ3) is 2.84. The van der Waals surface area contributed by atoms with E-state index in [1.54, 1.807) is 12.1 Å². The van der Waals surface area contributed by atoms with Gasteiger partial charge in [0.05, 0.1) is 24.5 Å². The van der Waals surface area contributed by atoms with Gasteiger partial charge in [-0.1, -0.05) is 0 Å². The Morgan fingerprint density at radius 1 is 1.22 bits per heavy atom. The molecule has 0 spiro atoms. The van der Waals surface area contributed by atoms with Gasteiger partial charge in [0, 0.05) is 17.8 Å². The summed E-state index contributed by atoms with van der Waals surface area (Å²) in [4.78, 5) is 12.2. The summed E-state index contributed by atoms with van der Waals surface area (Å²) in [5.74, 6) is -0.0825. The number of fused-ring (bicyclic) bond motifs is 2. The van der Waals surface area contributed by atoms with Gasteiger partial charge in [0.1, 0.15) is 11.0 Å². The molecule has 0 unspecified atom stereocenters. The maximum absolute atomic E-state index is 12.2. The quantitative estimate of drug-likeness (QED) is 0.797. The summed E-state index contributed by atoms with van der Waals surface area (Å²) in [5.41, 5.74) is 4.91. The van der Waals surface area contributed by atoms with Crippen molar-refractivity contribution in [2.45, 2.75) is 32.2 Å². The van der Waals surface area contributed by atoms with Crippen LogP contribution >= 0.6 is 11.7 Å². The molecule has 0 atom stereocenters. The number of hydrogen-bond acceptors (Lipinski definition) is 5. The second-order valence-corrected chi connectivity index (χ2v) is 6.30. The zero-order valence-corrected chi connectivity index (χ0v) is 13.5. The van der Waals surface area contributed by atoms with Crippen molar-refractivity contribution >= 4 is 28.7 Å². The van der Waals surface area contributed by atoms with Gasteiger partial charge in [0.2, 0.25) is 0 Å². The molecule has 23 heavy (non-hydrogen) atoms. The van der Waals surface area contributed by atoms with Crippen LogP contribution in [0.15, 0.2) is 24.4 Å². The number of nitrogens with zero attached hydrogens (tertiary/aromatic N) is 4. The summed E-state index contributed by atoms with van der Waals surface area (Å²) < 4.78 is 10.3. The molecule has 1 aromatic carbocycles. The number of benzene rings is 1. The van der Waals surface area contributed by atoms with E-state index in [2.05, 4.69) is 19.2 Å². The van der Waals surface area contributed by atoms with Crippen molar-refractivity contribution in [3.05, 3.63) is 41.2 Å². The van der Waals surface area contributed by atoms with Crippen molar-refractivity contribution in [3.8, 4) is 0 Å². The molecule has 118 valence electrons. The first-order chi connectivity index (χ1) is 11.3. The fourth-order valence-electron chi connectivity index (χ4n) is 3.05. The molecule has 7 heteroatoms. The van der Waals surface area contributed by atoms with Crippen LogP contribution in [0.1, 0.15) is 34.5 Å². The van der Waals surface area contributed by atoms with Crippen LogP contribution in [0, 0.1) is 0 Å². The number of carbonyl (C=O) groups excluding carboxylic acids is 1. The molecule has 2 heterocycles. The Morgan fingerprint density at radius 2 is 2.09 bits per heavy atom. The molecule has 1 aliphatic rings. The molecule has 0 saturated carbocycles. The smallest absolute Gasteiger partial charge is 0.251 e. The number of aryl methyl sites for hydroxylation is 1. The number of hydrogen-bond donors (Lipinski definition) is 1. The lowest BCUT2D eigenvalue weighted by Gasteiger charge is -2.14. The van der Waals surface area contributed by atoms with Gasteiger partial charge in [0.25, 0.3) is 5.91 Å². The molecule has 0 fully saturated rings. The monoisotopic (exact) mass is 327 g/mol. The predicted molar refractivity (Wildman–Crippen MR) is 88.6 cm³/mol. The Bertz CT molecular complexity index is 853. The van der Waals surface area contributed by atoms with Crippen molar-refractivity contribution in [2.24, 2.45) is 0 Å². The van der Waals surface area contributed by atoms with Crippen LogP contribution in [-0.2, 0) is 19.4 Å². The molecule has 3 aromatic rings. The standard InChI is InChI=1S/C16H17N5OS/c22-16(11-5-6-13-14(9-11)20-23-19-13)17-7-8-21-15-4-2-1-3-12(15)10-18-21/h5-6,9-10H,1-4,7-8H2,(H,17,22). The maximum Gasteiger partial charge on any atom is 0.251 e. The van der Waals surface area contributed by atoms with Gasteiger partial charge in [-0.05, 0) is 49.4 Å². The molecule has 0 bridgehead atoms. The van der Waals surface area contributed by atoms with E-state index < -0.39 is 0 Å². The lowest BCUT2D eigenvalue weighted by Crippen LogP contribution is -2.28. The van der Waals surface area contributed by atoms with Crippen molar-refractivity contribution in [3.63, 3.8) is 0 Å². The second kappa shape index (κ2) is 6.08. The highest BCUT2D eigenvalue weighted by Gasteiger charge is 2.15. The van der Waals surface area contributed by atoms with E-state index in [4.69, 9.17) is 0 Å². The summed E-state index contributed by atoms with van der Waals surface area (Å²) in [7, 11) is 0. The van der Waals surface area contributed by atoms with Gasteiger partial charge < -0.3 is 5.32 Å². The zero-order valence-electron chi connectivity index (χ0n) is 12.7. The Kier molecular flexibility index (Phi) is 3.78. The molecule has 1 aliphatic carbocycles. The number of nitrogens with one attached hydrogen (secondary N) is 1. The summed E-state index contributed by atoms with van der Waals surface area (Å²) in [5, 5.41) is 7.41. The third-order valence-electron chi connectivity index (χ3n) is 4.27. The largest absolute Gasteiger partial charge is 0.350 e. The van der Waals surface area contributed by atoms with Crippen molar-refractivity contribution in [1.29, 1.82) is 0 Å². The first kappa shape index (κ1) is 14.3. The highest BCUT2D eigenvalue weighted by atomic mass is 32.1. The Morgan fingerprint density at radius 3 is 3.04 bits per heavy atom. The zero-order chi connectivity index (χ0) is 15.6. The maximum atomic E-state index is 12.2. The molecule has 1 N–H and O–H groups in total. The highest BCUT2D eigenvalue weighted by molar-refractivity contribution is 7.00.